The first-order valence-corrected chi connectivity index (χ1v) is 5.52. The lowest BCUT2D eigenvalue weighted by Crippen LogP contribution is -2.37. The van der Waals surface area contributed by atoms with Gasteiger partial charge in [-0.3, -0.25) is 9.36 Å². The number of rotatable bonds is 2. The van der Waals surface area contributed by atoms with E-state index in [2.05, 4.69) is 11.8 Å². The van der Waals surface area contributed by atoms with Crippen LogP contribution in [-0.4, -0.2) is 26.6 Å². The molecule has 0 aliphatic rings. The molecule has 1 aromatic heterocycles. The van der Waals surface area contributed by atoms with Crippen molar-refractivity contribution in [2.75, 3.05) is 12.4 Å². The largest absolute Gasteiger partial charge is 0.384 e. The van der Waals surface area contributed by atoms with Crippen LogP contribution in [0.2, 0.25) is 0 Å². The molecule has 0 aliphatic heterocycles. The number of aliphatic hydroxyl groups excluding tert-OH is 1. The van der Waals surface area contributed by atoms with E-state index in [1.165, 1.54) is 29.6 Å². The quantitative estimate of drug-likeness (QED) is 0.541. The molecule has 6 heteroatoms. The van der Waals surface area contributed by atoms with Crippen LogP contribution < -0.4 is 11.2 Å². The predicted octanol–water partition coefficient (Wildman–Crippen LogP) is -0.828. The van der Waals surface area contributed by atoms with E-state index >= 15 is 0 Å². The molecule has 0 radical (unpaired) electrons. The van der Waals surface area contributed by atoms with Gasteiger partial charge < -0.3 is 9.67 Å². The summed E-state index contributed by atoms with van der Waals surface area (Å²) in [5.41, 5.74) is -0.672. The molecule has 0 bridgehead atoms. The van der Waals surface area contributed by atoms with Crippen molar-refractivity contribution in [3.05, 3.63) is 27.0 Å². The Balaban J connectivity index is 2.98. The third-order valence-electron chi connectivity index (χ3n) is 1.92. The van der Waals surface area contributed by atoms with Gasteiger partial charge in [0, 0.05) is 20.3 Å². The summed E-state index contributed by atoms with van der Waals surface area (Å²) in [5, 5.41) is 8.45. The summed E-state index contributed by atoms with van der Waals surface area (Å²) in [4.78, 5) is 23.5. The Hall–Kier alpha value is -1.45. The van der Waals surface area contributed by atoms with Gasteiger partial charge in [-0.15, -0.1) is 11.8 Å². The molecule has 1 N–H and O–H groups in total. The normalized spacial score (nSPS) is 9.69. The highest BCUT2D eigenvalue weighted by atomic mass is 32.2. The Morgan fingerprint density at radius 3 is 2.69 bits per heavy atom. The van der Waals surface area contributed by atoms with Gasteiger partial charge in [0.25, 0.3) is 5.56 Å². The SMILES string of the molecule is Cn1cc(SCC#CCO)c(=O)n(C)c1=O. The van der Waals surface area contributed by atoms with Crippen LogP contribution in [0.4, 0.5) is 0 Å². The lowest BCUT2D eigenvalue weighted by molar-refractivity contribution is 0.350. The van der Waals surface area contributed by atoms with Gasteiger partial charge in [-0.1, -0.05) is 11.8 Å². The maximum Gasteiger partial charge on any atom is 0.330 e. The second-order valence-corrected chi connectivity index (χ2v) is 4.07. The van der Waals surface area contributed by atoms with Gasteiger partial charge >= 0.3 is 5.69 Å². The van der Waals surface area contributed by atoms with Crippen LogP contribution >= 0.6 is 11.8 Å². The summed E-state index contributed by atoms with van der Waals surface area (Å²) >= 11 is 1.25. The number of thioether (sulfide) groups is 1. The number of hydrogen-bond acceptors (Lipinski definition) is 4. The highest BCUT2D eigenvalue weighted by Crippen LogP contribution is 2.09. The summed E-state index contributed by atoms with van der Waals surface area (Å²) in [5.74, 6) is 5.59. The first kappa shape index (κ1) is 12.6. The molecule has 0 saturated heterocycles. The highest BCUT2D eigenvalue weighted by Gasteiger charge is 2.05. The van der Waals surface area contributed by atoms with Crippen molar-refractivity contribution in [2.45, 2.75) is 4.90 Å². The van der Waals surface area contributed by atoms with Crippen molar-refractivity contribution in [2.24, 2.45) is 14.1 Å². The predicted molar refractivity (Wildman–Crippen MR) is 62.5 cm³/mol. The zero-order valence-corrected chi connectivity index (χ0v) is 9.87. The summed E-state index contributed by atoms with van der Waals surface area (Å²) in [6, 6.07) is 0. The first-order valence-electron chi connectivity index (χ1n) is 4.54. The van der Waals surface area contributed by atoms with Crippen molar-refractivity contribution in [3.63, 3.8) is 0 Å². The van der Waals surface area contributed by atoms with Gasteiger partial charge in [-0.05, 0) is 0 Å². The van der Waals surface area contributed by atoms with E-state index in [0.29, 0.717) is 10.6 Å². The summed E-state index contributed by atoms with van der Waals surface area (Å²) < 4.78 is 2.41. The van der Waals surface area contributed by atoms with Crippen molar-refractivity contribution >= 4 is 11.8 Å². The Kier molecular flexibility index (Phi) is 4.40. The van der Waals surface area contributed by atoms with Crippen LogP contribution in [-0.2, 0) is 14.1 Å². The second kappa shape index (κ2) is 5.58. The van der Waals surface area contributed by atoms with Crippen molar-refractivity contribution in [1.82, 2.24) is 9.13 Å². The summed E-state index contributed by atoms with van der Waals surface area (Å²) in [6.45, 7) is -0.189. The van der Waals surface area contributed by atoms with Gasteiger partial charge in [0.1, 0.15) is 6.61 Å². The molecule has 0 spiro atoms. The average Bonchev–Trinajstić information content (AvgIpc) is 2.28. The van der Waals surface area contributed by atoms with Crippen molar-refractivity contribution in [3.8, 4) is 11.8 Å². The fourth-order valence-electron chi connectivity index (χ4n) is 1.09. The van der Waals surface area contributed by atoms with E-state index in [9.17, 15) is 9.59 Å². The molecule has 1 aromatic rings. The van der Waals surface area contributed by atoms with E-state index < -0.39 is 0 Å². The molecule has 0 amide bonds. The first-order chi connectivity index (χ1) is 7.57. The molecule has 86 valence electrons. The highest BCUT2D eigenvalue weighted by molar-refractivity contribution is 7.99. The maximum atomic E-state index is 11.6. The van der Waals surface area contributed by atoms with Crippen LogP contribution in [0.3, 0.4) is 0 Å². The molecule has 1 rings (SSSR count). The molecular weight excluding hydrogens is 228 g/mol. The Bertz CT molecular complexity index is 548. The zero-order valence-electron chi connectivity index (χ0n) is 9.06. The van der Waals surface area contributed by atoms with E-state index in [-0.39, 0.29) is 17.9 Å². The van der Waals surface area contributed by atoms with Gasteiger partial charge in [-0.2, -0.15) is 0 Å². The number of hydrogen-bond donors (Lipinski definition) is 1. The van der Waals surface area contributed by atoms with Crippen LogP contribution in [0.25, 0.3) is 0 Å². The van der Waals surface area contributed by atoms with Crippen molar-refractivity contribution in [1.29, 1.82) is 0 Å². The van der Waals surface area contributed by atoms with E-state index in [1.54, 1.807) is 7.05 Å². The third kappa shape index (κ3) is 2.78. The molecule has 0 aromatic carbocycles. The molecule has 0 atom stereocenters. The molecule has 16 heavy (non-hydrogen) atoms. The van der Waals surface area contributed by atoms with E-state index in [1.807, 2.05) is 0 Å². The lowest BCUT2D eigenvalue weighted by atomic mass is 10.6. The summed E-state index contributed by atoms with van der Waals surface area (Å²) in [7, 11) is 3.03. The van der Waals surface area contributed by atoms with E-state index in [0.717, 1.165) is 4.57 Å². The molecule has 0 saturated carbocycles. The minimum absolute atomic E-state index is 0.189. The number of nitrogens with zero attached hydrogens (tertiary/aromatic N) is 2. The Labute approximate surface area is 96.7 Å². The molecule has 0 aliphatic carbocycles. The third-order valence-corrected chi connectivity index (χ3v) is 2.80. The molecule has 0 unspecified atom stereocenters. The van der Waals surface area contributed by atoms with Gasteiger partial charge in [0.2, 0.25) is 0 Å². The van der Waals surface area contributed by atoms with E-state index in [4.69, 9.17) is 5.11 Å². The fraction of sp³-hybridized carbons (Fsp3) is 0.400. The molecule has 1 heterocycles. The fourth-order valence-corrected chi connectivity index (χ4v) is 1.92. The maximum absolute atomic E-state index is 11.6. The molecular formula is C10H12N2O3S. The average molecular weight is 240 g/mol. The number of aromatic nitrogens is 2. The van der Waals surface area contributed by atoms with Crippen LogP contribution in [0.5, 0.6) is 0 Å². The number of aliphatic hydroxyl groups is 1. The monoisotopic (exact) mass is 240 g/mol. The Morgan fingerprint density at radius 1 is 1.38 bits per heavy atom. The van der Waals surface area contributed by atoms with Gasteiger partial charge in [0.15, 0.2) is 0 Å². The second-order valence-electron chi connectivity index (χ2n) is 3.05. The minimum Gasteiger partial charge on any atom is -0.384 e. The standard InChI is InChI=1S/C10H12N2O3S/c1-11-7-8(16-6-4-3-5-13)9(14)12(2)10(11)15/h7,13H,5-6H2,1-2H3. The lowest BCUT2D eigenvalue weighted by Gasteiger charge is -2.04. The Morgan fingerprint density at radius 2 is 2.06 bits per heavy atom. The minimum atomic E-state index is -0.351. The molecule has 5 nitrogen and oxygen atoms in total. The summed E-state index contributed by atoms with van der Waals surface area (Å²) in [6.07, 6.45) is 1.50. The van der Waals surface area contributed by atoms with Crippen LogP contribution in [0.1, 0.15) is 0 Å². The van der Waals surface area contributed by atoms with Crippen LogP contribution in [0.15, 0.2) is 20.7 Å². The van der Waals surface area contributed by atoms with Crippen LogP contribution in [0, 0.1) is 11.8 Å². The zero-order chi connectivity index (χ0) is 12.1. The topological polar surface area (TPSA) is 64.2 Å². The smallest absolute Gasteiger partial charge is 0.330 e. The van der Waals surface area contributed by atoms with Gasteiger partial charge in [0.05, 0.1) is 10.6 Å². The van der Waals surface area contributed by atoms with Gasteiger partial charge in [-0.25, -0.2) is 4.79 Å². The molecule has 0 fully saturated rings. The van der Waals surface area contributed by atoms with Crippen molar-refractivity contribution < 1.29 is 5.11 Å². The number of aryl methyl sites for hydroxylation is 1.